The van der Waals surface area contributed by atoms with Crippen molar-refractivity contribution in [3.05, 3.63) is 65.4 Å². The van der Waals surface area contributed by atoms with Crippen LogP contribution in [0.2, 0.25) is 5.02 Å². The summed E-state index contributed by atoms with van der Waals surface area (Å²) >= 11 is 5.83. The molecule has 0 saturated carbocycles. The number of rotatable bonds is 1. The third-order valence-corrected chi connectivity index (χ3v) is 4.03. The molecule has 4 rings (SSSR count). The fourth-order valence-electron chi connectivity index (χ4n) is 2.69. The largest absolute Gasteiger partial charge is 0.507 e. The van der Waals surface area contributed by atoms with Gasteiger partial charge in [-0.25, -0.2) is 4.39 Å². The molecular weight excluding hydrogens is 303 g/mol. The lowest BCUT2D eigenvalue weighted by Crippen LogP contribution is -1.86. The van der Waals surface area contributed by atoms with E-state index in [0.29, 0.717) is 11.1 Å². The number of benzene rings is 3. The molecule has 0 unspecified atom stereocenters. The van der Waals surface area contributed by atoms with Gasteiger partial charge in [-0.15, -0.1) is 0 Å². The van der Waals surface area contributed by atoms with Crippen LogP contribution in [-0.2, 0) is 0 Å². The van der Waals surface area contributed by atoms with Gasteiger partial charge in [0.2, 0.25) is 0 Å². The van der Waals surface area contributed by atoms with Crippen LogP contribution < -0.4 is 0 Å². The highest BCUT2D eigenvalue weighted by Gasteiger charge is 2.16. The first-order valence-electron chi connectivity index (χ1n) is 6.74. The number of aromatic hydroxyl groups is 1. The molecule has 0 aliphatic carbocycles. The maximum atomic E-state index is 14.2. The highest BCUT2D eigenvalue weighted by atomic mass is 35.5. The average Bonchev–Trinajstić information content (AvgIpc) is 2.87. The molecule has 4 aromatic rings. The second kappa shape index (κ2) is 4.75. The zero-order valence-electron chi connectivity index (χ0n) is 11.3. The molecule has 4 heteroatoms. The Morgan fingerprint density at radius 3 is 2.55 bits per heavy atom. The number of hydrogen-bond donors (Lipinski definition) is 1. The number of phenolic OH excluding ortho intramolecular Hbond substituents is 1. The van der Waals surface area contributed by atoms with E-state index in [1.807, 2.05) is 24.3 Å². The van der Waals surface area contributed by atoms with E-state index in [2.05, 4.69) is 0 Å². The summed E-state index contributed by atoms with van der Waals surface area (Å²) in [5.41, 5.74) is 1.93. The predicted octanol–water partition coefficient (Wildman–Crippen LogP) is 5.75. The average molecular weight is 313 g/mol. The first kappa shape index (κ1) is 13.2. The first-order chi connectivity index (χ1) is 10.6. The van der Waals surface area contributed by atoms with Crippen molar-refractivity contribution in [1.82, 2.24) is 0 Å². The number of halogens is 2. The maximum Gasteiger partial charge on any atom is 0.149 e. The smallest absolute Gasteiger partial charge is 0.149 e. The molecule has 0 spiro atoms. The molecule has 0 amide bonds. The second-order valence-electron chi connectivity index (χ2n) is 5.07. The molecule has 3 aromatic carbocycles. The van der Waals surface area contributed by atoms with Gasteiger partial charge in [0, 0.05) is 28.0 Å². The molecule has 22 heavy (non-hydrogen) atoms. The molecule has 1 heterocycles. The van der Waals surface area contributed by atoms with Crippen molar-refractivity contribution in [1.29, 1.82) is 0 Å². The van der Waals surface area contributed by atoms with Gasteiger partial charge >= 0.3 is 0 Å². The first-order valence-corrected chi connectivity index (χ1v) is 7.11. The predicted molar refractivity (Wildman–Crippen MR) is 85.8 cm³/mol. The monoisotopic (exact) mass is 312 g/mol. The van der Waals surface area contributed by atoms with E-state index < -0.39 is 5.82 Å². The summed E-state index contributed by atoms with van der Waals surface area (Å²) in [6, 6.07) is 15.5. The van der Waals surface area contributed by atoms with Crippen LogP contribution in [0.25, 0.3) is 33.1 Å². The van der Waals surface area contributed by atoms with Crippen LogP contribution in [0.15, 0.2) is 59.0 Å². The Balaban J connectivity index is 2.08. The molecule has 0 fully saturated rings. The van der Waals surface area contributed by atoms with Gasteiger partial charge in [-0.3, -0.25) is 0 Å². The SMILES string of the molecule is Oc1cc2oc3ccccc3c2cc1-c1cccc(Cl)c1F. The molecule has 2 nitrogen and oxygen atoms in total. The Bertz CT molecular complexity index is 1020. The topological polar surface area (TPSA) is 33.4 Å². The fourth-order valence-corrected chi connectivity index (χ4v) is 2.86. The van der Waals surface area contributed by atoms with Crippen molar-refractivity contribution in [2.45, 2.75) is 0 Å². The van der Waals surface area contributed by atoms with Gasteiger partial charge in [-0.1, -0.05) is 41.9 Å². The standard InChI is InChI=1S/C18H10ClFO2/c19-14-6-3-5-11(18(14)20)12-8-13-10-4-1-2-7-16(10)22-17(13)9-15(12)21/h1-9,21H. The Morgan fingerprint density at radius 2 is 1.68 bits per heavy atom. The number of para-hydroxylation sites is 1. The van der Waals surface area contributed by atoms with Gasteiger partial charge in [-0.2, -0.15) is 0 Å². The van der Waals surface area contributed by atoms with E-state index in [-0.39, 0.29) is 16.3 Å². The van der Waals surface area contributed by atoms with Crippen LogP contribution in [0, 0.1) is 5.82 Å². The normalized spacial score (nSPS) is 11.4. The van der Waals surface area contributed by atoms with Gasteiger partial charge in [0.15, 0.2) is 0 Å². The van der Waals surface area contributed by atoms with Crippen molar-refractivity contribution in [3.8, 4) is 16.9 Å². The van der Waals surface area contributed by atoms with Crippen molar-refractivity contribution in [3.63, 3.8) is 0 Å². The molecule has 1 aromatic heterocycles. The molecule has 0 atom stereocenters. The van der Waals surface area contributed by atoms with Gasteiger partial charge in [-0.05, 0) is 18.2 Å². The van der Waals surface area contributed by atoms with Crippen LogP contribution in [0.5, 0.6) is 5.75 Å². The van der Waals surface area contributed by atoms with E-state index >= 15 is 0 Å². The molecule has 0 aliphatic heterocycles. The van der Waals surface area contributed by atoms with Crippen LogP contribution >= 0.6 is 11.6 Å². The molecule has 0 bridgehead atoms. The van der Waals surface area contributed by atoms with E-state index in [4.69, 9.17) is 16.0 Å². The van der Waals surface area contributed by atoms with E-state index in [9.17, 15) is 9.50 Å². The minimum absolute atomic E-state index is 0.0223. The van der Waals surface area contributed by atoms with Crippen molar-refractivity contribution >= 4 is 33.5 Å². The quantitative estimate of drug-likeness (QED) is 0.485. The van der Waals surface area contributed by atoms with Crippen LogP contribution in [-0.4, -0.2) is 5.11 Å². The van der Waals surface area contributed by atoms with E-state index in [1.165, 1.54) is 12.1 Å². The summed E-state index contributed by atoms with van der Waals surface area (Å²) < 4.78 is 19.9. The number of hydrogen-bond acceptors (Lipinski definition) is 2. The highest BCUT2D eigenvalue weighted by molar-refractivity contribution is 6.31. The van der Waals surface area contributed by atoms with E-state index in [0.717, 1.165) is 16.4 Å². The number of phenols is 1. The summed E-state index contributed by atoms with van der Waals surface area (Å²) in [5, 5.41) is 12.0. The lowest BCUT2D eigenvalue weighted by molar-refractivity contribution is 0.476. The number of furan rings is 1. The lowest BCUT2D eigenvalue weighted by atomic mass is 10.0. The third kappa shape index (κ3) is 1.86. The number of fused-ring (bicyclic) bond motifs is 3. The van der Waals surface area contributed by atoms with Crippen LogP contribution in [0.3, 0.4) is 0 Å². The van der Waals surface area contributed by atoms with Crippen LogP contribution in [0.1, 0.15) is 0 Å². The Morgan fingerprint density at radius 1 is 0.864 bits per heavy atom. The van der Waals surface area contributed by atoms with Gasteiger partial charge in [0.05, 0.1) is 5.02 Å². The summed E-state index contributed by atoms with van der Waals surface area (Å²) in [5.74, 6) is -0.598. The zero-order chi connectivity index (χ0) is 15.3. The van der Waals surface area contributed by atoms with Crippen molar-refractivity contribution in [2.75, 3.05) is 0 Å². The highest BCUT2D eigenvalue weighted by Crippen LogP contribution is 2.39. The summed E-state index contributed by atoms with van der Waals surface area (Å²) in [6.45, 7) is 0. The molecule has 1 N–H and O–H groups in total. The summed E-state index contributed by atoms with van der Waals surface area (Å²) in [6.07, 6.45) is 0. The van der Waals surface area contributed by atoms with Crippen molar-refractivity contribution in [2.24, 2.45) is 0 Å². The van der Waals surface area contributed by atoms with Gasteiger partial charge in [0.1, 0.15) is 22.7 Å². The Labute approximate surface area is 130 Å². The summed E-state index contributed by atoms with van der Waals surface area (Å²) in [4.78, 5) is 0. The molecule has 0 radical (unpaired) electrons. The molecule has 108 valence electrons. The Hall–Kier alpha value is -2.52. The van der Waals surface area contributed by atoms with Crippen molar-refractivity contribution < 1.29 is 13.9 Å². The molecule has 0 saturated heterocycles. The van der Waals surface area contributed by atoms with Crippen LogP contribution in [0.4, 0.5) is 4.39 Å². The summed E-state index contributed by atoms with van der Waals surface area (Å²) in [7, 11) is 0. The maximum absolute atomic E-state index is 14.2. The van der Waals surface area contributed by atoms with E-state index in [1.54, 1.807) is 18.2 Å². The van der Waals surface area contributed by atoms with Gasteiger partial charge < -0.3 is 9.52 Å². The van der Waals surface area contributed by atoms with Gasteiger partial charge in [0.25, 0.3) is 0 Å². The lowest BCUT2D eigenvalue weighted by Gasteiger charge is -2.07. The zero-order valence-corrected chi connectivity index (χ0v) is 12.1. The minimum Gasteiger partial charge on any atom is -0.507 e. The molecule has 0 aliphatic rings. The fraction of sp³-hybridized carbons (Fsp3) is 0. The second-order valence-corrected chi connectivity index (χ2v) is 5.47. The minimum atomic E-state index is -0.549. The third-order valence-electron chi connectivity index (χ3n) is 3.74. The Kier molecular flexibility index (Phi) is 2.84. The molecular formula is C18H10ClFO2.